The molecular formula is C13H15BrN2O3. The Kier molecular flexibility index (Phi) is 4.09. The van der Waals surface area contributed by atoms with Gasteiger partial charge in [-0.15, -0.1) is 0 Å². The third-order valence-electron chi connectivity index (χ3n) is 2.92. The van der Waals surface area contributed by atoms with Gasteiger partial charge in [0.2, 0.25) is 5.91 Å². The van der Waals surface area contributed by atoms with E-state index >= 15 is 0 Å². The van der Waals surface area contributed by atoms with Crippen molar-refractivity contribution in [2.24, 2.45) is 0 Å². The summed E-state index contributed by atoms with van der Waals surface area (Å²) in [5.74, 6) is -1.08. The molecule has 0 bridgehead atoms. The molecule has 102 valence electrons. The Bertz CT molecular complexity index is 515. The van der Waals surface area contributed by atoms with E-state index < -0.39 is 5.97 Å². The topological polar surface area (TPSA) is 69.6 Å². The highest BCUT2D eigenvalue weighted by molar-refractivity contribution is 9.10. The lowest BCUT2D eigenvalue weighted by molar-refractivity contribution is -0.119. The van der Waals surface area contributed by atoms with Crippen molar-refractivity contribution in [3.8, 4) is 0 Å². The molecule has 0 radical (unpaired) electrons. The van der Waals surface area contributed by atoms with Crippen LogP contribution in [0.2, 0.25) is 0 Å². The first kappa shape index (κ1) is 13.9. The molecule has 0 aromatic heterocycles. The third kappa shape index (κ3) is 3.70. The first-order valence-electron chi connectivity index (χ1n) is 6.00. The van der Waals surface area contributed by atoms with Crippen molar-refractivity contribution in [1.82, 2.24) is 5.32 Å². The molecule has 19 heavy (non-hydrogen) atoms. The van der Waals surface area contributed by atoms with Crippen LogP contribution in [0.4, 0.5) is 5.69 Å². The molecule has 0 spiro atoms. The minimum absolute atomic E-state index is 0.0821. The van der Waals surface area contributed by atoms with Crippen molar-refractivity contribution in [2.45, 2.75) is 18.9 Å². The number of carboxylic acids is 1. The highest BCUT2D eigenvalue weighted by Crippen LogP contribution is 2.24. The molecule has 0 heterocycles. The van der Waals surface area contributed by atoms with Crippen LogP contribution in [0, 0.1) is 0 Å². The van der Waals surface area contributed by atoms with E-state index in [1.54, 1.807) is 24.1 Å². The second-order valence-electron chi connectivity index (χ2n) is 4.66. The zero-order valence-corrected chi connectivity index (χ0v) is 12.1. The standard InChI is InChI=1S/C13H15BrN2O3/c1-16(7-12(17)15-9-3-4-9)11-6-8(14)2-5-10(11)13(18)19/h2,5-6,9H,3-4,7H2,1H3,(H,15,17)(H,18,19). The van der Waals surface area contributed by atoms with E-state index in [2.05, 4.69) is 21.2 Å². The van der Waals surface area contributed by atoms with Gasteiger partial charge in [-0.3, -0.25) is 4.79 Å². The minimum atomic E-state index is -1.00. The van der Waals surface area contributed by atoms with Gasteiger partial charge in [-0.25, -0.2) is 4.79 Å². The zero-order chi connectivity index (χ0) is 14.0. The van der Waals surface area contributed by atoms with Crippen LogP contribution in [-0.2, 0) is 4.79 Å². The van der Waals surface area contributed by atoms with Crippen LogP contribution < -0.4 is 10.2 Å². The number of anilines is 1. The summed E-state index contributed by atoms with van der Waals surface area (Å²) in [7, 11) is 1.71. The molecule has 0 unspecified atom stereocenters. The van der Waals surface area contributed by atoms with Crippen molar-refractivity contribution in [2.75, 3.05) is 18.5 Å². The second kappa shape index (κ2) is 5.61. The van der Waals surface area contributed by atoms with Crippen LogP contribution in [0.25, 0.3) is 0 Å². The predicted molar refractivity (Wildman–Crippen MR) is 75.5 cm³/mol. The van der Waals surface area contributed by atoms with Crippen LogP contribution in [-0.4, -0.2) is 36.6 Å². The summed E-state index contributed by atoms with van der Waals surface area (Å²) < 4.78 is 0.780. The number of nitrogens with zero attached hydrogens (tertiary/aromatic N) is 1. The number of hydrogen-bond acceptors (Lipinski definition) is 3. The molecule has 1 aromatic carbocycles. The van der Waals surface area contributed by atoms with Crippen LogP contribution in [0.15, 0.2) is 22.7 Å². The van der Waals surface area contributed by atoms with E-state index in [0.29, 0.717) is 11.7 Å². The van der Waals surface area contributed by atoms with Gasteiger partial charge in [0.15, 0.2) is 0 Å². The fraction of sp³-hybridized carbons (Fsp3) is 0.385. The van der Waals surface area contributed by atoms with E-state index in [0.717, 1.165) is 17.3 Å². The normalized spacial score (nSPS) is 14.0. The Morgan fingerprint density at radius 1 is 1.47 bits per heavy atom. The second-order valence-corrected chi connectivity index (χ2v) is 5.58. The molecule has 1 aliphatic rings. The van der Waals surface area contributed by atoms with Gasteiger partial charge in [-0.1, -0.05) is 15.9 Å². The number of carboxylic acid groups (broad SMARTS) is 1. The maximum atomic E-state index is 11.7. The molecule has 1 saturated carbocycles. The molecule has 1 aliphatic carbocycles. The van der Waals surface area contributed by atoms with Crippen molar-refractivity contribution >= 4 is 33.5 Å². The van der Waals surface area contributed by atoms with Gasteiger partial charge in [-0.05, 0) is 31.0 Å². The summed E-state index contributed by atoms with van der Waals surface area (Å²) in [5, 5.41) is 12.0. The van der Waals surface area contributed by atoms with Crippen LogP contribution in [0.5, 0.6) is 0 Å². The first-order chi connectivity index (χ1) is 8.97. The smallest absolute Gasteiger partial charge is 0.337 e. The highest BCUT2D eigenvalue weighted by Gasteiger charge is 2.24. The van der Waals surface area contributed by atoms with Crippen molar-refractivity contribution in [3.63, 3.8) is 0 Å². The number of amides is 1. The minimum Gasteiger partial charge on any atom is -0.478 e. The molecule has 0 saturated heterocycles. The SMILES string of the molecule is CN(CC(=O)NC1CC1)c1cc(Br)ccc1C(=O)O. The Labute approximate surface area is 119 Å². The number of likely N-dealkylation sites (N-methyl/N-ethyl adjacent to an activating group) is 1. The van der Waals surface area contributed by atoms with Gasteiger partial charge in [-0.2, -0.15) is 0 Å². The molecule has 1 aromatic rings. The molecule has 0 atom stereocenters. The fourth-order valence-corrected chi connectivity index (χ4v) is 2.15. The van der Waals surface area contributed by atoms with Gasteiger partial charge in [0, 0.05) is 17.6 Å². The van der Waals surface area contributed by atoms with Crippen molar-refractivity contribution in [1.29, 1.82) is 0 Å². The average molecular weight is 327 g/mol. The summed E-state index contributed by atoms with van der Waals surface area (Å²) in [6.07, 6.45) is 2.07. The number of carbonyl (C=O) groups excluding carboxylic acids is 1. The largest absolute Gasteiger partial charge is 0.478 e. The lowest BCUT2D eigenvalue weighted by Gasteiger charge is -2.21. The number of aromatic carboxylic acids is 1. The average Bonchev–Trinajstić information content (AvgIpc) is 3.12. The number of benzene rings is 1. The van der Waals surface area contributed by atoms with Gasteiger partial charge < -0.3 is 15.3 Å². The Balaban J connectivity index is 2.12. The number of hydrogen-bond donors (Lipinski definition) is 2. The molecule has 0 aliphatic heterocycles. The quantitative estimate of drug-likeness (QED) is 0.866. The van der Waals surface area contributed by atoms with Crippen LogP contribution in [0.1, 0.15) is 23.2 Å². The summed E-state index contributed by atoms with van der Waals surface area (Å²) in [6, 6.07) is 5.21. The van der Waals surface area contributed by atoms with Crippen molar-refractivity contribution < 1.29 is 14.7 Å². The van der Waals surface area contributed by atoms with Gasteiger partial charge in [0.1, 0.15) is 0 Å². The summed E-state index contributed by atoms with van der Waals surface area (Å²) in [6.45, 7) is 0.146. The highest BCUT2D eigenvalue weighted by atomic mass is 79.9. The van der Waals surface area contributed by atoms with Gasteiger partial charge in [0.05, 0.1) is 17.8 Å². The molecular weight excluding hydrogens is 312 g/mol. The zero-order valence-electron chi connectivity index (χ0n) is 10.5. The summed E-state index contributed by atoms with van der Waals surface area (Å²) in [4.78, 5) is 24.5. The first-order valence-corrected chi connectivity index (χ1v) is 6.80. The Hall–Kier alpha value is -1.56. The number of rotatable bonds is 5. The Morgan fingerprint density at radius 2 is 2.16 bits per heavy atom. The lowest BCUT2D eigenvalue weighted by atomic mass is 10.1. The van der Waals surface area contributed by atoms with E-state index in [1.165, 1.54) is 6.07 Å². The van der Waals surface area contributed by atoms with E-state index in [-0.39, 0.29) is 18.0 Å². The predicted octanol–water partition coefficient (Wildman–Crippen LogP) is 1.86. The number of carbonyl (C=O) groups is 2. The summed E-state index contributed by atoms with van der Waals surface area (Å²) >= 11 is 3.31. The fourth-order valence-electron chi connectivity index (χ4n) is 1.80. The van der Waals surface area contributed by atoms with Crippen LogP contribution >= 0.6 is 15.9 Å². The van der Waals surface area contributed by atoms with E-state index in [1.807, 2.05) is 0 Å². The maximum absolute atomic E-state index is 11.7. The van der Waals surface area contributed by atoms with Gasteiger partial charge in [0.25, 0.3) is 0 Å². The Morgan fingerprint density at radius 3 is 2.74 bits per heavy atom. The monoisotopic (exact) mass is 326 g/mol. The van der Waals surface area contributed by atoms with Crippen LogP contribution in [0.3, 0.4) is 0 Å². The molecule has 1 amide bonds. The van der Waals surface area contributed by atoms with E-state index in [4.69, 9.17) is 5.11 Å². The van der Waals surface area contributed by atoms with E-state index in [9.17, 15) is 9.59 Å². The molecule has 2 rings (SSSR count). The molecule has 1 fully saturated rings. The lowest BCUT2D eigenvalue weighted by Crippen LogP contribution is -2.36. The molecule has 2 N–H and O–H groups in total. The third-order valence-corrected chi connectivity index (χ3v) is 3.42. The number of nitrogens with one attached hydrogen (secondary N) is 1. The molecule has 6 heteroatoms. The summed E-state index contributed by atoms with van der Waals surface area (Å²) in [5.41, 5.74) is 0.706. The maximum Gasteiger partial charge on any atom is 0.337 e. The number of halogens is 1. The molecule has 5 nitrogen and oxygen atoms in total. The van der Waals surface area contributed by atoms with Crippen molar-refractivity contribution in [3.05, 3.63) is 28.2 Å². The van der Waals surface area contributed by atoms with Gasteiger partial charge >= 0.3 is 5.97 Å².